The monoisotopic (exact) mass is 473 g/mol. The largest absolute Gasteiger partial charge is 0.481 e. The molecule has 0 saturated heterocycles. The Labute approximate surface area is 192 Å². The number of carbonyl (C=O) groups excluding carboxylic acids is 4. The summed E-state index contributed by atoms with van der Waals surface area (Å²) in [6.45, 7) is 7.09. The molecule has 0 aromatic carbocycles. The zero-order valence-electron chi connectivity index (χ0n) is 19.3. The minimum Gasteiger partial charge on any atom is -0.481 e. The first kappa shape index (κ1) is 29.8. The van der Waals surface area contributed by atoms with Crippen LogP contribution in [0.2, 0.25) is 0 Å². The Bertz CT molecular complexity index is 740. The number of carbonyl (C=O) groups is 6. The topological polar surface area (TPSA) is 231 Å². The molecule has 188 valence electrons. The van der Waals surface area contributed by atoms with Crippen molar-refractivity contribution >= 4 is 35.6 Å². The average molecular weight is 474 g/mol. The van der Waals surface area contributed by atoms with Crippen molar-refractivity contribution in [1.29, 1.82) is 0 Å². The Morgan fingerprint density at radius 3 is 1.70 bits per heavy atom. The summed E-state index contributed by atoms with van der Waals surface area (Å²) in [7, 11) is 0. The number of nitrogens with one attached hydrogen (secondary N) is 3. The summed E-state index contributed by atoms with van der Waals surface area (Å²) in [5.41, 5.74) is 10.8. The van der Waals surface area contributed by atoms with Crippen LogP contribution in [0.25, 0.3) is 0 Å². The van der Waals surface area contributed by atoms with E-state index < -0.39 is 72.6 Å². The maximum Gasteiger partial charge on any atom is 0.326 e. The van der Waals surface area contributed by atoms with Gasteiger partial charge in [0.05, 0.1) is 12.5 Å². The van der Waals surface area contributed by atoms with Gasteiger partial charge in [0.25, 0.3) is 0 Å². The molecule has 0 spiro atoms. The fourth-order valence-corrected chi connectivity index (χ4v) is 2.76. The van der Waals surface area contributed by atoms with E-state index in [4.69, 9.17) is 16.6 Å². The molecule has 13 nitrogen and oxygen atoms in total. The molecule has 0 fully saturated rings. The minimum atomic E-state index is -1.66. The summed E-state index contributed by atoms with van der Waals surface area (Å²) in [5, 5.41) is 25.1. The van der Waals surface area contributed by atoms with Gasteiger partial charge in [-0.1, -0.05) is 27.7 Å². The van der Waals surface area contributed by atoms with Gasteiger partial charge in [-0.25, -0.2) is 4.79 Å². The van der Waals surface area contributed by atoms with Crippen molar-refractivity contribution < 1.29 is 39.0 Å². The summed E-state index contributed by atoms with van der Waals surface area (Å²) in [6.07, 6.45) is -1.36. The lowest BCUT2D eigenvalue weighted by atomic mass is 10.00. The van der Waals surface area contributed by atoms with Gasteiger partial charge in [-0.05, 0) is 24.7 Å². The second kappa shape index (κ2) is 14.0. The number of rotatable bonds is 15. The van der Waals surface area contributed by atoms with Crippen LogP contribution in [0.15, 0.2) is 0 Å². The Morgan fingerprint density at radius 2 is 1.27 bits per heavy atom. The fourth-order valence-electron chi connectivity index (χ4n) is 2.76. The third-order valence-electron chi connectivity index (χ3n) is 4.66. The number of aliphatic carboxylic acids is 2. The summed E-state index contributed by atoms with van der Waals surface area (Å²) >= 11 is 0. The van der Waals surface area contributed by atoms with E-state index in [0.717, 1.165) is 0 Å². The number of hydrogen-bond acceptors (Lipinski definition) is 7. The SMILES string of the molecule is CC(C)CC(NC(=O)C(N)C(C)C)C(=O)NC(CCC(=O)O)C(=O)NC(CC(N)=O)C(=O)O. The molecule has 0 aliphatic heterocycles. The van der Waals surface area contributed by atoms with E-state index in [0.29, 0.717) is 0 Å². The average Bonchev–Trinajstić information content (AvgIpc) is 2.67. The maximum atomic E-state index is 12.9. The first-order valence-electron chi connectivity index (χ1n) is 10.5. The van der Waals surface area contributed by atoms with E-state index >= 15 is 0 Å². The predicted molar refractivity (Wildman–Crippen MR) is 116 cm³/mol. The van der Waals surface area contributed by atoms with E-state index in [1.165, 1.54) is 0 Å². The fraction of sp³-hybridized carbons (Fsp3) is 0.700. The summed E-state index contributed by atoms with van der Waals surface area (Å²) in [6, 6.07) is -5.03. The number of amides is 4. The van der Waals surface area contributed by atoms with Crippen LogP contribution in [0.1, 0.15) is 53.4 Å². The van der Waals surface area contributed by atoms with E-state index in [1.54, 1.807) is 13.8 Å². The Balaban J connectivity index is 5.61. The highest BCUT2D eigenvalue weighted by atomic mass is 16.4. The van der Waals surface area contributed by atoms with Crippen molar-refractivity contribution in [3.8, 4) is 0 Å². The van der Waals surface area contributed by atoms with Crippen LogP contribution < -0.4 is 27.4 Å². The van der Waals surface area contributed by atoms with Crippen molar-refractivity contribution in [2.24, 2.45) is 23.3 Å². The van der Waals surface area contributed by atoms with Gasteiger partial charge < -0.3 is 37.6 Å². The molecule has 0 rings (SSSR count). The zero-order chi connectivity index (χ0) is 25.9. The Hall–Kier alpha value is -3.22. The summed E-state index contributed by atoms with van der Waals surface area (Å²) in [5.74, 6) is -6.32. The lowest BCUT2D eigenvalue weighted by Gasteiger charge is -2.26. The smallest absolute Gasteiger partial charge is 0.326 e. The normalized spacial score (nSPS) is 14.6. The van der Waals surface area contributed by atoms with Crippen molar-refractivity contribution in [3.05, 3.63) is 0 Å². The minimum absolute atomic E-state index is 0.0328. The van der Waals surface area contributed by atoms with Gasteiger partial charge in [0.15, 0.2) is 0 Å². The second-order valence-corrected chi connectivity index (χ2v) is 8.52. The molecule has 0 aromatic heterocycles. The van der Waals surface area contributed by atoms with Crippen LogP contribution in [0.4, 0.5) is 0 Å². The number of primary amides is 1. The van der Waals surface area contributed by atoms with Crippen LogP contribution in [-0.2, 0) is 28.8 Å². The molecule has 0 saturated carbocycles. The van der Waals surface area contributed by atoms with E-state index in [-0.39, 0.29) is 24.7 Å². The molecule has 9 N–H and O–H groups in total. The highest BCUT2D eigenvalue weighted by molar-refractivity contribution is 5.95. The molecule has 33 heavy (non-hydrogen) atoms. The molecule has 4 amide bonds. The third kappa shape index (κ3) is 11.8. The maximum absolute atomic E-state index is 12.9. The van der Waals surface area contributed by atoms with Gasteiger partial charge in [-0.3, -0.25) is 24.0 Å². The van der Waals surface area contributed by atoms with E-state index in [9.17, 15) is 33.9 Å². The Morgan fingerprint density at radius 1 is 0.788 bits per heavy atom. The molecule has 13 heteroatoms. The molecule has 4 atom stereocenters. The first-order chi connectivity index (χ1) is 15.1. The van der Waals surface area contributed by atoms with Crippen LogP contribution >= 0.6 is 0 Å². The van der Waals surface area contributed by atoms with Crippen molar-refractivity contribution in [1.82, 2.24) is 16.0 Å². The molecule has 0 heterocycles. The molecule has 0 radical (unpaired) electrons. The van der Waals surface area contributed by atoms with Gasteiger partial charge in [0.1, 0.15) is 18.1 Å². The predicted octanol–water partition coefficient (Wildman–Crippen LogP) is -1.70. The summed E-state index contributed by atoms with van der Waals surface area (Å²) in [4.78, 5) is 71.2. The van der Waals surface area contributed by atoms with Crippen LogP contribution in [0, 0.1) is 11.8 Å². The van der Waals surface area contributed by atoms with Crippen molar-refractivity contribution in [3.63, 3.8) is 0 Å². The van der Waals surface area contributed by atoms with Gasteiger partial charge in [-0.2, -0.15) is 0 Å². The molecule has 0 bridgehead atoms. The molecule has 4 unspecified atom stereocenters. The number of hydrogen-bond donors (Lipinski definition) is 7. The van der Waals surface area contributed by atoms with Crippen molar-refractivity contribution in [2.75, 3.05) is 0 Å². The zero-order valence-corrected chi connectivity index (χ0v) is 19.3. The quantitative estimate of drug-likeness (QED) is 0.143. The highest BCUT2D eigenvalue weighted by Crippen LogP contribution is 2.09. The lowest BCUT2D eigenvalue weighted by Crippen LogP contribution is -2.58. The van der Waals surface area contributed by atoms with Gasteiger partial charge in [0, 0.05) is 6.42 Å². The molecule has 0 aromatic rings. The number of carboxylic acid groups (broad SMARTS) is 2. The van der Waals surface area contributed by atoms with Gasteiger partial charge in [-0.15, -0.1) is 0 Å². The highest BCUT2D eigenvalue weighted by Gasteiger charge is 2.31. The Kier molecular flexibility index (Phi) is 12.7. The van der Waals surface area contributed by atoms with E-state index in [2.05, 4.69) is 16.0 Å². The number of nitrogens with two attached hydrogens (primary N) is 2. The molecular formula is C20H35N5O8. The van der Waals surface area contributed by atoms with Crippen LogP contribution in [0.5, 0.6) is 0 Å². The van der Waals surface area contributed by atoms with Gasteiger partial charge >= 0.3 is 11.9 Å². The van der Waals surface area contributed by atoms with Gasteiger partial charge in [0.2, 0.25) is 23.6 Å². The lowest BCUT2D eigenvalue weighted by molar-refractivity contribution is -0.144. The van der Waals surface area contributed by atoms with E-state index in [1.807, 2.05) is 13.8 Å². The van der Waals surface area contributed by atoms with Crippen LogP contribution in [0.3, 0.4) is 0 Å². The number of carboxylic acids is 2. The third-order valence-corrected chi connectivity index (χ3v) is 4.66. The summed E-state index contributed by atoms with van der Waals surface area (Å²) < 4.78 is 0. The van der Waals surface area contributed by atoms with Crippen molar-refractivity contribution in [2.45, 2.75) is 77.5 Å². The first-order valence-corrected chi connectivity index (χ1v) is 10.5. The standard InChI is InChI=1S/C20H35N5O8/c1-9(2)7-12(24-19(31)16(22)10(3)4)18(30)23-11(5-6-15(27)28)17(29)25-13(20(32)33)8-14(21)26/h9-13,16H,5-8,22H2,1-4H3,(H2,21,26)(H,23,30)(H,24,31)(H,25,29)(H,27,28)(H,32,33). The molecule has 0 aliphatic rings. The molecule has 0 aliphatic carbocycles. The molecular weight excluding hydrogens is 438 g/mol. The van der Waals surface area contributed by atoms with Crippen LogP contribution in [-0.4, -0.2) is 69.9 Å². The second-order valence-electron chi connectivity index (χ2n) is 8.52.